The molecule has 26 heavy (non-hydrogen) atoms. The molecule has 1 fully saturated rings. The van der Waals surface area contributed by atoms with Crippen LogP contribution in [0.4, 0.5) is 0 Å². The Morgan fingerprint density at radius 2 is 1.62 bits per heavy atom. The van der Waals surface area contributed by atoms with Crippen LogP contribution in [0.25, 0.3) is 0 Å². The first-order valence-corrected chi connectivity index (χ1v) is 8.96. The van der Waals surface area contributed by atoms with Crippen molar-refractivity contribution in [2.45, 2.75) is 44.6 Å². The van der Waals surface area contributed by atoms with Crippen LogP contribution >= 0.6 is 0 Å². The van der Waals surface area contributed by atoms with E-state index >= 15 is 0 Å². The molecular weight excluding hydrogens is 336 g/mol. The summed E-state index contributed by atoms with van der Waals surface area (Å²) in [4.78, 5) is 24.4. The third kappa shape index (κ3) is 5.28. The van der Waals surface area contributed by atoms with Gasteiger partial charge >= 0.3 is 0 Å². The first kappa shape index (κ1) is 19.9. The van der Waals surface area contributed by atoms with Crippen molar-refractivity contribution in [3.05, 3.63) is 17.7 Å². The summed E-state index contributed by atoms with van der Waals surface area (Å²) in [7, 11) is 4.49. The van der Waals surface area contributed by atoms with Crippen LogP contribution in [0, 0.1) is 0 Å². The number of ether oxygens (including phenoxy) is 3. The average molecular weight is 364 g/mol. The van der Waals surface area contributed by atoms with Crippen LogP contribution in [0.3, 0.4) is 0 Å². The molecule has 1 aromatic carbocycles. The number of carbonyl (C=O) groups excluding carboxylic acids is 2. The zero-order valence-electron chi connectivity index (χ0n) is 15.7. The minimum atomic E-state index is -0.297. The summed E-state index contributed by atoms with van der Waals surface area (Å²) in [5.74, 6) is 0.925. The lowest BCUT2D eigenvalue weighted by atomic mass is 9.95. The molecule has 2 N–H and O–H groups in total. The standard InChI is InChI=1S/C19H28N2O5/c1-24-15-11-13(12-16(25-2)18(15)26-3)19(23)20-10-9-17(22)21-14-7-5-4-6-8-14/h11-12,14H,4-10H2,1-3H3,(H,20,23)(H,21,22). The van der Waals surface area contributed by atoms with Crippen molar-refractivity contribution < 1.29 is 23.8 Å². The first-order chi connectivity index (χ1) is 12.6. The highest BCUT2D eigenvalue weighted by molar-refractivity contribution is 5.95. The molecule has 2 rings (SSSR count). The monoisotopic (exact) mass is 364 g/mol. The number of benzene rings is 1. The quantitative estimate of drug-likeness (QED) is 0.739. The van der Waals surface area contributed by atoms with Gasteiger partial charge in [-0.25, -0.2) is 0 Å². The number of hydrogen-bond acceptors (Lipinski definition) is 5. The Bertz CT molecular complexity index is 601. The van der Waals surface area contributed by atoms with Crippen LogP contribution in [0.1, 0.15) is 48.9 Å². The van der Waals surface area contributed by atoms with E-state index in [1.165, 1.54) is 40.6 Å². The maximum absolute atomic E-state index is 12.4. The van der Waals surface area contributed by atoms with Gasteiger partial charge in [-0.1, -0.05) is 19.3 Å². The highest BCUT2D eigenvalue weighted by Crippen LogP contribution is 2.38. The predicted molar refractivity (Wildman–Crippen MR) is 98.1 cm³/mol. The molecule has 2 amide bonds. The second kappa shape index (κ2) is 9.89. The van der Waals surface area contributed by atoms with Gasteiger partial charge in [-0.2, -0.15) is 0 Å². The molecule has 0 saturated heterocycles. The van der Waals surface area contributed by atoms with E-state index in [4.69, 9.17) is 14.2 Å². The van der Waals surface area contributed by atoms with E-state index in [9.17, 15) is 9.59 Å². The van der Waals surface area contributed by atoms with Gasteiger partial charge in [-0.05, 0) is 25.0 Å². The Balaban J connectivity index is 1.88. The van der Waals surface area contributed by atoms with Crippen LogP contribution in [0.15, 0.2) is 12.1 Å². The molecule has 0 radical (unpaired) electrons. The Morgan fingerprint density at radius 3 is 2.15 bits per heavy atom. The zero-order valence-corrected chi connectivity index (χ0v) is 15.7. The normalized spacial score (nSPS) is 14.4. The molecule has 1 aromatic rings. The van der Waals surface area contributed by atoms with Gasteiger partial charge in [-0.3, -0.25) is 9.59 Å². The van der Waals surface area contributed by atoms with Crippen LogP contribution < -0.4 is 24.8 Å². The molecule has 0 bridgehead atoms. The van der Waals surface area contributed by atoms with Gasteiger partial charge in [0.1, 0.15) is 0 Å². The molecule has 0 heterocycles. The molecule has 0 aliphatic heterocycles. The maximum Gasteiger partial charge on any atom is 0.251 e. The van der Waals surface area contributed by atoms with Crippen LogP contribution in [-0.4, -0.2) is 45.7 Å². The smallest absolute Gasteiger partial charge is 0.251 e. The van der Waals surface area contributed by atoms with Gasteiger partial charge in [0.25, 0.3) is 5.91 Å². The predicted octanol–water partition coefficient (Wildman–Crippen LogP) is 2.28. The van der Waals surface area contributed by atoms with E-state index in [1.54, 1.807) is 12.1 Å². The van der Waals surface area contributed by atoms with E-state index in [0.29, 0.717) is 22.8 Å². The maximum atomic E-state index is 12.4. The molecule has 0 atom stereocenters. The van der Waals surface area contributed by atoms with Crippen LogP contribution in [0.5, 0.6) is 17.2 Å². The second-order valence-electron chi connectivity index (χ2n) is 6.32. The number of methoxy groups -OCH3 is 3. The number of carbonyl (C=O) groups is 2. The number of nitrogens with one attached hydrogen (secondary N) is 2. The van der Waals surface area contributed by atoms with Crippen molar-refractivity contribution >= 4 is 11.8 Å². The van der Waals surface area contributed by atoms with Gasteiger partial charge < -0.3 is 24.8 Å². The van der Waals surface area contributed by atoms with E-state index in [0.717, 1.165) is 12.8 Å². The van der Waals surface area contributed by atoms with Crippen molar-refractivity contribution in [1.29, 1.82) is 0 Å². The molecular formula is C19H28N2O5. The third-order valence-electron chi connectivity index (χ3n) is 4.53. The molecule has 7 nitrogen and oxygen atoms in total. The van der Waals surface area contributed by atoms with Crippen LogP contribution in [-0.2, 0) is 4.79 Å². The minimum absolute atomic E-state index is 0.0258. The molecule has 1 saturated carbocycles. The molecule has 1 aliphatic carbocycles. The summed E-state index contributed by atoms with van der Waals surface area (Å²) in [6.07, 6.45) is 5.93. The summed E-state index contributed by atoms with van der Waals surface area (Å²) < 4.78 is 15.7. The number of amides is 2. The Hall–Kier alpha value is -2.44. The van der Waals surface area contributed by atoms with Crippen molar-refractivity contribution in [2.75, 3.05) is 27.9 Å². The topological polar surface area (TPSA) is 85.9 Å². The van der Waals surface area contributed by atoms with E-state index in [2.05, 4.69) is 10.6 Å². The Kier molecular flexibility index (Phi) is 7.56. The summed E-state index contributed by atoms with van der Waals surface area (Å²) in [6, 6.07) is 3.44. The second-order valence-corrected chi connectivity index (χ2v) is 6.32. The van der Waals surface area contributed by atoms with Crippen molar-refractivity contribution in [2.24, 2.45) is 0 Å². The summed E-state index contributed by atoms with van der Waals surface area (Å²) >= 11 is 0. The molecule has 144 valence electrons. The summed E-state index contributed by atoms with van der Waals surface area (Å²) in [5.41, 5.74) is 0.382. The highest BCUT2D eigenvalue weighted by Gasteiger charge is 2.18. The van der Waals surface area contributed by atoms with Crippen LogP contribution in [0.2, 0.25) is 0 Å². The van der Waals surface area contributed by atoms with E-state index < -0.39 is 0 Å². The van der Waals surface area contributed by atoms with E-state index in [1.807, 2.05) is 0 Å². The molecule has 1 aliphatic rings. The highest BCUT2D eigenvalue weighted by atomic mass is 16.5. The fourth-order valence-electron chi connectivity index (χ4n) is 3.15. The molecule has 0 unspecified atom stereocenters. The fourth-order valence-corrected chi connectivity index (χ4v) is 3.15. The number of hydrogen-bond donors (Lipinski definition) is 2. The lowest BCUT2D eigenvalue weighted by Gasteiger charge is -2.22. The van der Waals surface area contributed by atoms with E-state index in [-0.39, 0.29) is 30.8 Å². The Morgan fingerprint density at radius 1 is 1.00 bits per heavy atom. The SMILES string of the molecule is COc1cc(C(=O)NCCC(=O)NC2CCCCC2)cc(OC)c1OC. The Labute approximate surface area is 154 Å². The molecule has 0 spiro atoms. The van der Waals surface area contributed by atoms with Gasteiger partial charge in [0.2, 0.25) is 11.7 Å². The first-order valence-electron chi connectivity index (χ1n) is 8.96. The third-order valence-corrected chi connectivity index (χ3v) is 4.53. The molecule has 0 aromatic heterocycles. The summed E-state index contributed by atoms with van der Waals surface area (Å²) in [5, 5.41) is 5.79. The number of rotatable bonds is 8. The fraction of sp³-hybridized carbons (Fsp3) is 0.579. The average Bonchev–Trinajstić information content (AvgIpc) is 2.67. The van der Waals surface area contributed by atoms with Gasteiger partial charge in [0.15, 0.2) is 11.5 Å². The van der Waals surface area contributed by atoms with Gasteiger partial charge in [0.05, 0.1) is 21.3 Å². The molecule has 7 heteroatoms. The van der Waals surface area contributed by atoms with Crippen molar-refractivity contribution in [3.8, 4) is 17.2 Å². The van der Waals surface area contributed by atoms with Crippen molar-refractivity contribution in [3.63, 3.8) is 0 Å². The lowest BCUT2D eigenvalue weighted by molar-refractivity contribution is -0.121. The largest absolute Gasteiger partial charge is 0.493 e. The lowest BCUT2D eigenvalue weighted by Crippen LogP contribution is -2.38. The van der Waals surface area contributed by atoms with Crippen molar-refractivity contribution in [1.82, 2.24) is 10.6 Å². The minimum Gasteiger partial charge on any atom is -0.493 e. The zero-order chi connectivity index (χ0) is 18.9. The van der Waals surface area contributed by atoms with Gasteiger partial charge in [-0.15, -0.1) is 0 Å². The summed E-state index contributed by atoms with van der Waals surface area (Å²) in [6.45, 7) is 0.272. The van der Waals surface area contributed by atoms with Gasteiger partial charge in [0, 0.05) is 24.6 Å².